The zero-order valence-electron chi connectivity index (χ0n) is 5.85. The second-order valence-corrected chi connectivity index (χ2v) is 5.62. The first kappa shape index (κ1) is 7.35. The molecule has 0 spiro atoms. The Morgan fingerprint density at radius 3 is 2.50 bits per heavy atom. The highest BCUT2D eigenvalue weighted by molar-refractivity contribution is 9.12. The first-order chi connectivity index (χ1) is 4.63. The molecule has 0 heterocycles. The van der Waals surface area contributed by atoms with Crippen LogP contribution in [-0.2, 0) is 0 Å². The van der Waals surface area contributed by atoms with Crippen LogP contribution in [0.3, 0.4) is 0 Å². The Morgan fingerprint density at radius 2 is 2.20 bits per heavy atom. The molecular weight excluding hydrogens is 256 g/mol. The van der Waals surface area contributed by atoms with Crippen LogP contribution in [0.25, 0.3) is 0 Å². The van der Waals surface area contributed by atoms with Crippen molar-refractivity contribution in [2.24, 2.45) is 11.3 Å². The maximum atomic E-state index is 3.72. The lowest BCUT2D eigenvalue weighted by Gasteiger charge is -2.25. The summed E-state index contributed by atoms with van der Waals surface area (Å²) in [5.74, 6) is 0.773. The fourth-order valence-corrected chi connectivity index (χ4v) is 3.69. The predicted octanol–water partition coefficient (Wildman–Crippen LogP) is 3.11. The number of rotatable bonds is 0. The molecule has 1 saturated carbocycles. The van der Waals surface area contributed by atoms with Gasteiger partial charge in [0, 0.05) is 9.65 Å². The van der Waals surface area contributed by atoms with E-state index in [4.69, 9.17) is 0 Å². The van der Waals surface area contributed by atoms with E-state index in [1.54, 1.807) is 0 Å². The molecule has 4 unspecified atom stereocenters. The van der Waals surface area contributed by atoms with Crippen LogP contribution in [0, 0.1) is 11.3 Å². The van der Waals surface area contributed by atoms with Gasteiger partial charge in [-0.15, -0.1) is 0 Å². The summed E-state index contributed by atoms with van der Waals surface area (Å²) in [7, 11) is 0. The first-order valence-corrected chi connectivity index (χ1v) is 5.44. The summed E-state index contributed by atoms with van der Waals surface area (Å²) in [4.78, 5) is 1.29. The van der Waals surface area contributed by atoms with Crippen molar-refractivity contribution >= 4 is 31.9 Å². The SMILES string of the molecule is CC12C=CC(C1)C(Br)C2Br. The van der Waals surface area contributed by atoms with Crippen LogP contribution in [0.1, 0.15) is 13.3 Å². The molecule has 2 rings (SSSR count). The van der Waals surface area contributed by atoms with Crippen molar-refractivity contribution in [1.82, 2.24) is 0 Å². The average Bonchev–Trinajstić information content (AvgIpc) is 2.35. The molecule has 56 valence electrons. The van der Waals surface area contributed by atoms with Crippen molar-refractivity contribution in [1.29, 1.82) is 0 Å². The first-order valence-electron chi connectivity index (χ1n) is 3.61. The second kappa shape index (κ2) is 2.10. The largest absolute Gasteiger partial charge is 0.0872 e. The van der Waals surface area contributed by atoms with E-state index < -0.39 is 0 Å². The number of alkyl halides is 2. The molecule has 2 heteroatoms. The van der Waals surface area contributed by atoms with E-state index in [-0.39, 0.29) is 0 Å². The molecule has 2 bridgehead atoms. The highest BCUT2D eigenvalue weighted by Gasteiger charge is 2.49. The topological polar surface area (TPSA) is 0 Å². The number of hydrogen-bond acceptors (Lipinski definition) is 0. The van der Waals surface area contributed by atoms with Gasteiger partial charge in [-0.2, -0.15) is 0 Å². The molecule has 0 amide bonds. The van der Waals surface area contributed by atoms with Crippen molar-refractivity contribution in [3.8, 4) is 0 Å². The van der Waals surface area contributed by atoms with Crippen molar-refractivity contribution in [3.63, 3.8) is 0 Å². The highest BCUT2D eigenvalue weighted by Crippen LogP contribution is 2.54. The molecule has 1 fully saturated rings. The summed E-state index contributed by atoms with van der Waals surface area (Å²) >= 11 is 7.42. The van der Waals surface area contributed by atoms with Gasteiger partial charge in [0.15, 0.2) is 0 Å². The van der Waals surface area contributed by atoms with Crippen molar-refractivity contribution in [3.05, 3.63) is 12.2 Å². The van der Waals surface area contributed by atoms with E-state index in [0.29, 0.717) is 15.1 Å². The van der Waals surface area contributed by atoms with Gasteiger partial charge >= 0.3 is 0 Å². The Morgan fingerprint density at radius 1 is 1.50 bits per heavy atom. The Bertz CT molecular complexity index is 188. The lowest BCUT2D eigenvalue weighted by Crippen LogP contribution is -2.25. The van der Waals surface area contributed by atoms with Gasteiger partial charge in [0.05, 0.1) is 0 Å². The van der Waals surface area contributed by atoms with Crippen LogP contribution in [0.5, 0.6) is 0 Å². The fourth-order valence-electron chi connectivity index (χ4n) is 1.99. The Labute approximate surface area is 78.3 Å². The Hall–Kier alpha value is 0.700. The van der Waals surface area contributed by atoms with E-state index in [2.05, 4.69) is 50.9 Å². The molecule has 0 saturated heterocycles. The minimum Gasteiger partial charge on any atom is -0.0872 e. The lowest BCUT2D eigenvalue weighted by molar-refractivity contribution is 0.472. The lowest BCUT2D eigenvalue weighted by atomic mass is 9.91. The molecule has 2 aliphatic carbocycles. The Balaban J connectivity index is 2.35. The molecule has 0 aliphatic heterocycles. The van der Waals surface area contributed by atoms with Crippen LogP contribution < -0.4 is 0 Å². The third kappa shape index (κ3) is 0.781. The zero-order valence-corrected chi connectivity index (χ0v) is 9.02. The highest BCUT2D eigenvalue weighted by atomic mass is 79.9. The van der Waals surface area contributed by atoms with Gasteiger partial charge in [-0.3, -0.25) is 0 Å². The van der Waals surface area contributed by atoms with Gasteiger partial charge in [-0.05, 0) is 17.8 Å². The maximum Gasteiger partial charge on any atom is 0.0365 e. The molecule has 10 heavy (non-hydrogen) atoms. The third-order valence-electron chi connectivity index (χ3n) is 2.72. The number of allylic oxidation sites excluding steroid dienone is 2. The van der Waals surface area contributed by atoms with Gasteiger partial charge in [0.1, 0.15) is 0 Å². The van der Waals surface area contributed by atoms with Crippen LogP contribution in [0.4, 0.5) is 0 Å². The minimum atomic E-state index is 0.429. The molecule has 0 radical (unpaired) electrons. The van der Waals surface area contributed by atoms with Crippen LogP contribution in [0.15, 0.2) is 12.2 Å². The molecule has 0 aromatic carbocycles. The van der Waals surface area contributed by atoms with Gasteiger partial charge in [-0.1, -0.05) is 50.9 Å². The molecule has 0 aromatic heterocycles. The van der Waals surface area contributed by atoms with Crippen LogP contribution >= 0.6 is 31.9 Å². The second-order valence-electron chi connectivity index (χ2n) is 3.58. The van der Waals surface area contributed by atoms with E-state index >= 15 is 0 Å². The predicted molar refractivity (Wildman–Crippen MR) is 50.8 cm³/mol. The quantitative estimate of drug-likeness (QED) is 0.466. The van der Waals surface area contributed by atoms with E-state index in [1.807, 2.05) is 0 Å². The summed E-state index contributed by atoms with van der Waals surface area (Å²) < 4.78 is 0. The van der Waals surface area contributed by atoms with Gasteiger partial charge in [0.2, 0.25) is 0 Å². The summed E-state index contributed by atoms with van der Waals surface area (Å²) in [6.07, 6.45) is 6.02. The molecule has 0 nitrogen and oxygen atoms in total. The van der Waals surface area contributed by atoms with Crippen LogP contribution in [-0.4, -0.2) is 9.65 Å². The standard InChI is InChI=1S/C8H10Br2/c1-8-3-2-5(4-8)6(9)7(8)10/h2-3,5-7H,4H2,1H3. The molecule has 0 aromatic rings. The van der Waals surface area contributed by atoms with Gasteiger partial charge in [-0.25, -0.2) is 0 Å². The number of fused-ring (bicyclic) bond motifs is 2. The fraction of sp³-hybridized carbons (Fsp3) is 0.750. The summed E-state index contributed by atoms with van der Waals surface area (Å²) in [5, 5.41) is 0. The van der Waals surface area contributed by atoms with E-state index in [9.17, 15) is 0 Å². The third-order valence-corrected chi connectivity index (χ3v) is 6.25. The number of hydrogen-bond donors (Lipinski definition) is 0. The van der Waals surface area contributed by atoms with Gasteiger partial charge in [0.25, 0.3) is 0 Å². The minimum absolute atomic E-state index is 0.429. The summed E-state index contributed by atoms with van der Waals surface area (Å²) in [6, 6.07) is 0. The molecule has 4 atom stereocenters. The molecular formula is C8H10Br2. The normalized spacial score (nSPS) is 58.1. The average molecular weight is 266 g/mol. The van der Waals surface area contributed by atoms with Crippen molar-refractivity contribution in [2.45, 2.75) is 23.0 Å². The summed E-state index contributed by atoms with van der Waals surface area (Å²) in [5.41, 5.74) is 0.429. The smallest absolute Gasteiger partial charge is 0.0365 e. The van der Waals surface area contributed by atoms with E-state index in [1.165, 1.54) is 6.42 Å². The maximum absolute atomic E-state index is 3.72. The van der Waals surface area contributed by atoms with Crippen molar-refractivity contribution in [2.75, 3.05) is 0 Å². The van der Waals surface area contributed by atoms with E-state index in [0.717, 1.165) is 5.92 Å². The summed E-state index contributed by atoms with van der Waals surface area (Å²) in [6.45, 7) is 2.32. The zero-order chi connectivity index (χ0) is 7.35. The van der Waals surface area contributed by atoms with Gasteiger partial charge < -0.3 is 0 Å². The van der Waals surface area contributed by atoms with Crippen molar-refractivity contribution < 1.29 is 0 Å². The number of halogens is 2. The monoisotopic (exact) mass is 264 g/mol. The Kier molecular flexibility index (Phi) is 1.54. The molecule has 2 aliphatic rings. The van der Waals surface area contributed by atoms with Crippen LogP contribution in [0.2, 0.25) is 0 Å². The molecule has 0 N–H and O–H groups in total.